The van der Waals surface area contributed by atoms with E-state index in [-0.39, 0.29) is 42.5 Å². The number of rotatable bonds is 7. The van der Waals surface area contributed by atoms with Gasteiger partial charge in [-0.1, -0.05) is 41.5 Å². The second kappa shape index (κ2) is 13.2. The molecule has 0 unspecified atom stereocenters. The minimum Gasteiger partial charge on any atom is 0 e. The molecule has 2 aromatic heterocycles. The first-order valence-electron chi connectivity index (χ1n) is 15.7. The van der Waals surface area contributed by atoms with Gasteiger partial charge in [-0.2, -0.15) is 0 Å². The maximum atomic E-state index is 12.2. The van der Waals surface area contributed by atoms with Gasteiger partial charge in [0.1, 0.15) is 5.76 Å². The molecule has 0 atom stereocenters. The average molecular weight is 846 g/mol. The largest absolute Gasteiger partial charge is 0 e. The molecule has 0 bridgehead atoms. The maximum absolute atomic E-state index is 12.2. The normalized spacial score (nSPS) is 14.1. The van der Waals surface area contributed by atoms with E-state index in [4.69, 9.17) is 4.98 Å². The molecule has 0 amide bonds. The van der Waals surface area contributed by atoms with E-state index >= 15 is 0 Å². The molecule has 5 aromatic rings. The van der Waals surface area contributed by atoms with Gasteiger partial charge in [0, 0.05) is 37.0 Å². The van der Waals surface area contributed by atoms with Crippen LogP contribution in [0.3, 0.4) is 0 Å². The number of allylic oxidation sites excluding steroid dienone is 2. The summed E-state index contributed by atoms with van der Waals surface area (Å²) in [4.78, 5) is 17.1. The summed E-state index contributed by atoms with van der Waals surface area (Å²) in [6, 6.07) is 24.0. The Hall–Kier alpha value is -2.33. The minimum absolute atomic E-state index is 0. The molecule has 6 rings (SSSR count). The van der Waals surface area contributed by atoms with Crippen LogP contribution in [0.1, 0.15) is 67.2 Å². The molecule has 0 aliphatic carbocycles. The summed E-state index contributed by atoms with van der Waals surface area (Å²) in [7, 11) is -1.86. The minimum atomic E-state index is -1.86. The van der Waals surface area contributed by atoms with Gasteiger partial charge in [-0.15, -0.1) is 0 Å². The zero-order chi connectivity index (χ0) is 31.2. The van der Waals surface area contributed by atoms with Crippen LogP contribution in [0, 0.1) is 16.9 Å². The number of aliphatic hydroxyl groups excluding tert-OH is 1. The van der Waals surface area contributed by atoms with E-state index < -0.39 is 8.07 Å². The van der Waals surface area contributed by atoms with E-state index in [9.17, 15) is 9.90 Å². The predicted octanol–water partition coefficient (Wildman–Crippen LogP) is 8.85. The standard InChI is InChI=1S/C23H16NSeSi.C15H28O2.Ir/c1-26(2)19-9-5-8-17-21(19)22-18(25-17)10-11-24-23(22)16-12-14-6-3-4-7-15(14)13-20(16)26;1-7-14(5,8-2)12(16)11-13(17)15(6,9-3)10-4;/h3-11,13H,1-2H3;11,16H,7-10H2,1-6H3;/q-1;;/b;12-11-;. The molecule has 0 saturated carbocycles. The first-order valence-corrected chi connectivity index (χ1v) is 20.4. The van der Waals surface area contributed by atoms with Gasteiger partial charge in [0.25, 0.3) is 0 Å². The Bertz CT molecular complexity index is 1860. The molecule has 6 heteroatoms. The monoisotopic (exact) mass is 847 g/mol. The van der Waals surface area contributed by atoms with Crippen molar-refractivity contribution >= 4 is 68.8 Å². The Morgan fingerprint density at radius 3 is 2.18 bits per heavy atom. The third-order valence-electron chi connectivity index (χ3n) is 10.4. The fourth-order valence-corrected chi connectivity index (χ4v) is 11.7. The van der Waals surface area contributed by atoms with Crippen molar-refractivity contribution in [2.24, 2.45) is 10.8 Å². The van der Waals surface area contributed by atoms with E-state index in [0.717, 1.165) is 31.4 Å². The van der Waals surface area contributed by atoms with Crippen LogP contribution in [-0.4, -0.2) is 38.5 Å². The molecule has 0 spiro atoms. The van der Waals surface area contributed by atoms with Gasteiger partial charge in [0.05, 0.1) is 0 Å². The van der Waals surface area contributed by atoms with Gasteiger partial charge in [-0.05, 0) is 25.7 Å². The summed E-state index contributed by atoms with van der Waals surface area (Å²) in [5, 5.41) is 18.5. The van der Waals surface area contributed by atoms with Crippen LogP contribution < -0.4 is 10.4 Å². The van der Waals surface area contributed by atoms with E-state index in [2.05, 4.69) is 73.8 Å². The van der Waals surface area contributed by atoms with Crippen LogP contribution in [0.2, 0.25) is 13.1 Å². The Morgan fingerprint density at radius 2 is 1.52 bits per heavy atom. The number of carbonyl (C=O) groups is 1. The van der Waals surface area contributed by atoms with E-state index in [1.807, 2.05) is 47.7 Å². The van der Waals surface area contributed by atoms with Crippen molar-refractivity contribution in [1.82, 2.24) is 4.98 Å². The van der Waals surface area contributed by atoms with Gasteiger partial charge in [-0.3, -0.25) is 4.79 Å². The average Bonchev–Trinajstić information content (AvgIpc) is 3.39. The number of benzene rings is 3. The third kappa shape index (κ3) is 5.85. The Morgan fingerprint density at radius 1 is 0.886 bits per heavy atom. The number of ketones is 1. The fraction of sp³-hybridized carbons (Fsp3) is 0.368. The number of pyridine rings is 1. The van der Waals surface area contributed by atoms with Crippen LogP contribution >= 0.6 is 0 Å². The molecule has 1 aliphatic rings. The molecule has 1 radical (unpaired) electrons. The molecule has 1 aliphatic heterocycles. The summed E-state index contributed by atoms with van der Waals surface area (Å²) >= 11 is 0.386. The number of nitrogens with zero attached hydrogens (tertiary/aromatic N) is 1. The quantitative estimate of drug-likeness (QED) is 0.0772. The van der Waals surface area contributed by atoms with E-state index in [1.54, 1.807) is 5.19 Å². The van der Waals surface area contributed by atoms with Crippen molar-refractivity contribution in [2.45, 2.75) is 80.3 Å². The smallest absolute Gasteiger partial charge is 0 e. The summed E-state index contributed by atoms with van der Waals surface area (Å²) in [5.74, 6) is 0.286. The number of hydrogen-bond acceptors (Lipinski definition) is 3. The van der Waals surface area contributed by atoms with Crippen LogP contribution in [0.4, 0.5) is 0 Å². The first-order chi connectivity index (χ1) is 20.4. The number of aliphatic hydroxyl groups is 1. The summed E-state index contributed by atoms with van der Waals surface area (Å²) < 4.78 is 3.00. The molecule has 44 heavy (non-hydrogen) atoms. The summed E-state index contributed by atoms with van der Waals surface area (Å²) in [6.07, 6.45) is 6.75. The van der Waals surface area contributed by atoms with Gasteiger partial charge < -0.3 is 5.11 Å². The zero-order valence-electron chi connectivity index (χ0n) is 27.2. The van der Waals surface area contributed by atoms with Crippen molar-refractivity contribution < 1.29 is 30.0 Å². The van der Waals surface area contributed by atoms with Crippen molar-refractivity contribution in [3.63, 3.8) is 0 Å². The van der Waals surface area contributed by atoms with Crippen LogP contribution in [0.25, 0.3) is 41.3 Å². The zero-order valence-corrected chi connectivity index (χ0v) is 32.3. The second-order valence-corrected chi connectivity index (χ2v) is 19.6. The van der Waals surface area contributed by atoms with Crippen molar-refractivity contribution in [3.8, 4) is 11.3 Å². The summed E-state index contributed by atoms with van der Waals surface area (Å²) in [6.45, 7) is 17.1. The second-order valence-electron chi connectivity index (χ2n) is 13.0. The van der Waals surface area contributed by atoms with Gasteiger partial charge >= 0.3 is 159 Å². The molecule has 0 saturated heterocycles. The van der Waals surface area contributed by atoms with Crippen molar-refractivity contribution in [3.05, 3.63) is 78.7 Å². The number of aromatic nitrogens is 1. The molecule has 233 valence electrons. The Balaban J connectivity index is 0.000000218. The van der Waals surface area contributed by atoms with E-state index in [0.29, 0.717) is 14.5 Å². The third-order valence-corrected chi connectivity index (χ3v) is 16.2. The fourth-order valence-electron chi connectivity index (χ4n) is 6.15. The number of hydrogen-bond donors (Lipinski definition) is 1. The van der Waals surface area contributed by atoms with Crippen LogP contribution in [-0.2, 0) is 24.9 Å². The van der Waals surface area contributed by atoms with Gasteiger partial charge in [0.15, 0.2) is 5.78 Å². The number of carbonyl (C=O) groups excluding carboxylic acids is 1. The van der Waals surface area contributed by atoms with Crippen molar-refractivity contribution in [2.75, 3.05) is 0 Å². The molecule has 1 N–H and O–H groups in total. The van der Waals surface area contributed by atoms with E-state index in [1.165, 1.54) is 46.9 Å². The Labute approximate surface area is 283 Å². The van der Waals surface area contributed by atoms with Crippen molar-refractivity contribution in [1.29, 1.82) is 0 Å². The SMILES string of the molecule is CCC(C)(CC)C(=O)/C=C(\O)C(C)(CC)CC.C[Si]1(C)c2cc3ccccc3[c-]c2-c2nccc3[se]c4cccc1c4c23.[Ir]. The molecular formula is C38H44IrNO2SeSi-. The van der Waals surface area contributed by atoms with Crippen LogP contribution in [0.5, 0.6) is 0 Å². The molecule has 3 heterocycles. The first kappa shape index (κ1) is 34.5. The maximum Gasteiger partial charge on any atom is 0 e. The molecule has 3 nitrogen and oxygen atoms in total. The predicted molar refractivity (Wildman–Crippen MR) is 188 cm³/mol. The molecule has 3 aromatic carbocycles. The van der Waals surface area contributed by atoms with Gasteiger partial charge in [-0.25, -0.2) is 0 Å². The topological polar surface area (TPSA) is 50.2 Å². The van der Waals surface area contributed by atoms with Gasteiger partial charge in [0.2, 0.25) is 0 Å². The number of fused-ring (bicyclic) bond motifs is 3. The molecular weight excluding hydrogens is 802 g/mol. The van der Waals surface area contributed by atoms with Crippen LogP contribution in [0.15, 0.2) is 72.6 Å². The Kier molecular flexibility index (Phi) is 10.3. The summed E-state index contributed by atoms with van der Waals surface area (Å²) in [5.41, 5.74) is 1.78. The molecule has 0 fully saturated rings.